The zero-order chi connectivity index (χ0) is 11.2. The van der Waals surface area contributed by atoms with Gasteiger partial charge in [0.15, 0.2) is 0 Å². The van der Waals surface area contributed by atoms with E-state index in [0.717, 1.165) is 26.3 Å². The summed E-state index contributed by atoms with van der Waals surface area (Å²) >= 11 is 0. The molecule has 2 atom stereocenters. The lowest BCUT2D eigenvalue weighted by atomic mass is 10.1. The normalized spacial score (nSPS) is 32.8. The summed E-state index contributed by atoms with van der Waals surface area (Å²) in [6, 6.07) is 1.26. The van der Waals surface area contributed by atoms with Crippen LogP contribution in [0.2, 0.25) is 0 Å². The van der Waals surface area contributed by atoms with Crippen molar-refractivity contribution in [3.8, 4) is 0 Å². The molecule has 2 saturated heterocycles. The Bertz CT molecular complexity index is 195. The SMILES string of the molecule is CN1CCCC(NCCC2COCCN2)C1. The summed E-state index contributed by atoms with van der Waals surface area (Å²) in [6.45, 7) is 6.34. The number of likely N-dealkylation sites (N-methyl/N-ethyl adjacent to an activating group) is 1. The van der Waals surface area contributed by atoms with Crippen molar-refractivity contribution in [1.29, 1.82) is 0 Å². The second-order valence-electron chi connectivity index (χ2n) is 5.07. The van der Waals surface area contributed by atoms with Gasteiger partial charge in [-0.1, -0.05) is 0 Å². The number of hydrogen-bond donors (Lipinski definition) is 2. The monoisotopic (exact) mass is 227 g/mol. The van der Waals surface area contributed by atoms with E-state index in [-0.39, 0.29) is 0 Å². The molecular formula is C12H25N3O. The maximum atomic E-state index is 5.44. The van der Waals surface area contributed by atoms with Crippen molar-refractivity contribution in [3.63, 3.8) is 0 Å². The van der Waals surface area contributed by atoms with Crippen LogP contribution in [-0.4, -0.2) is 63.4 Å². The first-order chi connectivity index (χ1) is 7.84. The molecule has 0 aromatic heterocycles. The molecule has 16 heavy (non-hydrogen) atoms. The van der Waals surface area contributed by atoms with Gasteiger partial charge in [0.1, 0.15) is 0 Å². The van der Waals surface area contributed by atoms with Crippen LogP contribution in [0.4, 0.5) is 0 Å². The molecule has 2 aliphatic rings. The van der Waals surface area contributed by atoms with Crippen molar-refractivity contribution in [2.24, 2.45) is 0 Å². The first kappa shape index (κ1) is 12.3. The van der Waals surface area contributed by atoms with Gasteiger partial charge in [-0.3, -0.25) is 0 Å². The number of piperidine rings is 1. The molecule has 0 saturated carbocycles. The van der Waals surface area contributed by atoms with Crippen LogP contribution in [0.3, 0.4) is 0 Å². The van der Waals surface area contributed by atoms with Crippen molar-refractivity contribution in [1.82, 2.24) is 15.5 Å². The molecule has 2 rings (SSSR count). The number of likely N-dealkylation sites (tertiary alicyclic amines) is 1. The van der Waals surface area contributed by atoms with Crippen LogP contribution in [0.1, 0.15) is 19.3 Å². The van der Waals surface area contributed by atoms with Gasteiger partial charge in [0.05, 0.1) is 13.2 Å². The largest absolute Gasteiger partial charge is 0.379 e. The molecule has 2 fully saturated rings. The van der Waals surface area contributed by atoms with E-state index >= 15 is 0 Å². The third-order valence-corrected chi connectivity index (χ3v) is 3.55. The van der Waals surface area contributed by atoms with Crippen molar-refractivity contribution in [3.05, 3.63) is 0 Å². The quantitative estimate of drug-likeness (QED) is 0.711. The molecular weight excluding hydrogens is 202 g/mol. The number of ether oxygens (including phenoxy) is 1. The second-order valence-corrected chi connectivity index (χ2v) is 5.07. The van der Waals surface area contributed by atoms with E-state index in [0.29, 0.717) is 12.1 Å². The summed E-state index contributed by atoms with van der Waals surface area (Å²) in [6.07, 6.45) is 3.85. The zero-order valence-electron chi connectivity index (χ0n) is 10.4. The maximum Gasteiger partial charge on any atom is 0.0620 e. The minimum absolute atomic E-state index is 0.558. The van der Waals surface area contributed by atoms with Gasteiger partial charge in [-0.2, -0.15) is 0 Å². The molecule has 2 heterocycles. The Morgan fingerprint density at radius 3 is 3.19 bits per heavy atom. The van der Waals surface area contributed by atoms with E-state index in [2.05, 4.69) is 22.6 Å². The fourth-order valence-corrected chi connectivity index (χ4v) is 2.60. The highest BCUT2D eigenvalue weighted by Gasteiger charge is 2.17. The van der Waals surface area contributed by atoms with Crippen LogP contribution >= 0.6 is 0 Å². The van der Waals surface area contributed by atoms with E-state index in [1.165, 1.54) is 32.4 Å². The predicted octanol–water partition coefficient (Wildman–Crippen LogP) is 0.0487. The van der Waals surface area contributed by atoms with E-state index in [4.69, 9.17) is 4.74 Å². The topological polar surface area (TPSA) is 36.5 Å². The summed E-state index contributed by atoms with van der Waals surface area (Å²) < 4.78 is 5.44. The Balaban J connectivity index is 1.56. The first-order valence-corrected chi connectivity index (χ1v) is 6.57. The molecule has 0 aromatic rings. The third kappa shape index (κ3) is 4.01. The Hall–Kier alpha value is -0.160. The second kappa shape index (κ2) is 6.55. The number of nitrogens with one attached hydrogen (secondary N) is 2. The smallest absolute Gasteiger partial charge is 0.0620 e. The van der Waals surface area contributed by atoms with Gasteiger partial charge in [-0.25, -0.2) is 0 Å². The predicted molar refractivity (Wildman–Crippen MR) is 65.7 cm³/mol. The van der Waals surface area contributed by atoms with E-state index in [1.54, 1.807) is 0 Å². The molecule has 0 amide bonds. The van der Waals surface area contributed by atoms with Crippen molar-refractivity contribution < 1.29 is 4.74 Å². The Labute approximate surface area is 98.7 Å². The third-order valence-electron chi connectivity index (χ3n) is 3.55. The van der Waals surface area contributed by atoms with Crippen molar-refractivity contribution >= 4 is 0 Å². The molecule has 0 aliphatic carbocycles. The van der Waals surface area contributed by atoms with Gasteiger partial charge in [0, 0.05) is 25.2 Å². The van der Waals surface area contributed by atoms with Crippen LogP contribution in [0.5, 0.6) is 0 Å². The lowest BCUT2D eigenvalue weighted by Crippen LogP contribution is -2.47. The molecule has 2 aliphatic heterocycles. The van der Waals surface area contributed by atoms with E-state index in [9.17, 15) is 0 Å². The van der Waals surface area contributed by atoms with Crippen LogP contribution in [0.25, 0.3) is 0 Å². The van der Waals surface area contributed by atoms with Crippen molar-refractivity contribution in [2.45, 2.75) is 31.3 Å². The fraction of sp³-hybridized carbons (Fsp3) is 1.00. The van der Waals surface area contributed by atoms with Crippen LogP contribution in [0, 0.1) is 0 Å². The summed E-state index contributed by atoms with van der Waals surface area (Å²) in [5.41, 5.74) is 0. The molecule has 0 radical (unpaired) electrons. The van der Waals surface area contributed by atoms with Gasteiger partial charge in [0.25, 0.3) is 0 Å². The Morgan fingerprint density at radius 1 is 1.50 bits per heavy atom. The van der Waals surface area contributed by atoms with Gasteiger partial charge < -0.3 is 20.3 Å². The lowest BCUT2D eigenvalue weighted by Gasteiger charge is -2.31. The molecule has 4 nitrogen and oxygen atoms in total. The Morgan fingerprint density at radius 2 is 2.44 bits per heavy atom. The zero-order valence-corrected chi connectivity index (χ0v) is 10.4. The van der Waals surface area contributed by atoms with Crippen LogP contribution < -0.4 is 10.6 Å². The number of hydrogen-bond acceptors (Lipinski definition) is 4. The van der Waals surface area contributed by atoms with E-state index < -0.39 is 0 Å². The van der Waals surface area contributed by atoms with Gasteiger partial charge in [-0.15, -0.1) is 0 Å². The molecule has 4 heteroatoms. The summed E-state index contributed by atoms with van der Waals surface area (Å²) in [4.78, 5) is 2.42. The Kier molecular flexibility index (Phi) is 5.03. The van der Waals surface area contributed by atoms with Crippen molar-refractivity contribution in [2.75, 3.05) is 46.4 Å². The standard InChI is InChI=1S/C12H25N3O/c1-15-7-2-3-11(9-15)13-5-4-12-10-16-8-6-14-12/h11-14H,2-10H2,1H3. The molecule has 2 N–H and O–H groups in total. The number of rotatable bonds is 4. The fourth-order valence-electron chi connectivity index (χ4n) is 2.60. The maximum absolute atomic E-state index is 5.44. The molecule has 0 spiro atoms. The lowest BCUT2D eigenvalue weighted by molar-refractivity contribution is 0.0736. The summed E-state index contributed by atoms with van der Waals surface area (Å²) in [5.74, 6) is 0. The minimum atomic E-state index is 0.558. The molecule has 0 aromatic carbocycles. The van der Waals surface area contributed by atoms with Gasteiger partial charge >= 0.3 is 0 Å². The number of morpholine rings is 1. The number of nitrogens with zero attached hydrogens (tertiary/aromatic N) is 1. The highest BCUT2D eigenvalue weighted by Crippen LogP contribution is 2.08. The molecule has 2 unspecified atom stereocenters. The van der Waals surface area contributed by atoms with E-state index in [1.807, 2.05) is 0 Å². The average Bonchev–Trinajstić information content (AvgIpc) is 2.30. The molecule has 0 bridgehead atoms. The van der Waals surface area contributed by atoms with Gasteiger partial charge in [0.2, 0.25) is 0 Å². The van der Waals surface area contributed by atoms with Gasteiger partial charge in [-0.05, 0) is 39.4 Å². The summed E-state index contributed by atoms with van der Waals surface area (Å²) in [7, 11) is 2.21. The van der Waals surface area contributed by atoms with Crippen LogP contribution in [-0.2, 0) is 4.74 Å². The molecule has 94 valence electrons. The first-order valence-electron chi connectivity index (χ1n) is 6.57. The highest BCUT2D eigenvalue weighted by atomic mass is 16.5. The van der Waals surface area contributed by atoms with Crippen LogP contribution in [0.15, 0.2) is 0 Å². The average molecular weight is 227 g/mol. The minimum Gasteiger partial charge on any atom is -0.379 e. The summed E-state index contributed by atoms with van der Waals surface area (Å²) in [5, 5.41) is 7.15. The highest BCUT2D eigenvalue weighted by molar-refractivity contribution is 4.78.